The van der Waals surface area contributed by atoms with E-state index in [9.17, 15) is 4.79 Å². The van der Waals surface area contributed by atoms with Crippen LogP contribution < -0.4 is 0 Å². The molecule has 0 fully saturated rings. The van der Waals surface area contributed by atoms with E-state index >= 15 is 0 Å². The molecule has 0 aliphatic carbocycles. The molecular formula is C19H15ClO2. The summed E-state index contributed by atoms with van der Waals surface area (Å²) in [7, 11) is 0. The molecule has 0 amide bonds. The van der Waals surface area contributed by atoms with Crippen LogP contribution in [0.4, 0.5) is 0 Å². The molecule has 22 heavy (non-hydrogen) atoms. The number of benzene rings is 2. The monoisotopic (exact) mass is 310 g/mol. The van der Waals surface area contributed by atoms with E-state index in [0.29, 0.717) is 10.8 Å². The minimum absolute atomic E-state index is 0.301. The Bertz CT molecular complexity index is 745. The lowest BCUT2D eigenvalue weighted by molar-refractivity contribution is -0.136. The van der Waals surface area contributed by atoms with Crippen LogP contribution in [0, 0.1) is 18.8 Å². The standard InChI is InChI=1S/C19H15ClO2/c1-14-3-5-16(6-4-14)9-12-19(22-15(2)21)13-17-7-10-18(20)11-8-17/h3-8,10-11,13H,1-2H3/b19-13+. The molecule has 0 aromatic heterocycles. The highest BCUT2D eigenvalue weighted by Gasteiger charge is 2.00. The number of ether oxygens (including phenoxy) is 1. The van der Waals surface area contributed by atoms with Gasteiger partial charge in [0.1, 0.15) is 0 Å². The first kappa shape index (κ1) is 15.9. The molecule has 2 nitrogen and oxygen atoms in total. The molecule has 0 saturated carbocycles. The summed E-state index contributed by atoms with van der Waals surface area (Å²) in [6.07, 6.45) is 1.71. The molecule has 2 rings (SSSR count). The second kappa shape index (κ2) is 7.49. The summed E-state index contributed by atoms with van der Waals surface area (Å²) in [4.78, 5) is 11.2. The third-order valence-electron chi connectivity index (χ3n) is 2.80. The fourth-order valence-corrected chi connectivity index (χ4v) is 1.85. The quantitative estimate of drug-likeness (QED) is 0.460. The number of carbonyl (C=O) groups excluding carboxylic acids is 1. The summed E-state index contributed by atoms with van der Waals surface area (Å²) >= 11 is 5.85. The summed E-state index contributed by atoms with van der Waals surface area (Å²) in [6, 6.07) is 15.0. The highest BCUT2D eigenvalue weighted by Crippen LogP contribution is 2.13. The van der Waals surface area contributed by atoms with E-state index in [-0.39, 0.29) is 0 Å². The third-order valence-corrected chi connectivity index (χ3v) is 3.06. The van der Waals surface area contributed by atoms with Crippen molar-refractivity contribution < 1.29 is 9.53 Å². The van der Waals surface area contributed by atoms with Crippen molar-refractivity contribution >= 4 is 23.6 Å². The Morgan fingerprint density at radius 2 is 1.73 bits per heavy atom. The van der Waals surface area contributed by atoms with Crippen molar-refractivity contribution in [1.29, 1.82) is 0 Å². The molecule has 0 unspecified atom stereocenters. The van der Waals surface area contributed by atoms with Gasteiger partial charge in [0.2, 0.25) is 0 Å². The number of hydrogen-bond donors (Lipinski definition) is 0. The third kappa shape index (κ3) is 5.12. The Balaban J connectivity index is 2.28. The van der Waals surface area contributed by atoms with Crippen molar-refractivity contribution in [1.82, 2.24) is 0 Å². The van der Waals surface area contributed by atoms with Crippen LogP contribution in [0.3, 0.4) is 0 Å². The van der Waals surface area contributed by atoms with E-state index in [2.05, 4.69) is 11.8 Å². The number of esters is 1. The van der Waals surface area contributed by atoms with Crippen LogP contribution in [0.5, 0.6) is 0 Å². The zero-order chi connectivity index (χ0) is 15.9. The fourth-order valence-electron chi connectivity index (χ4n) is 1.73. The van der Waals surface area contributed by atoms with Gasteiger partial charge >= 0.3 is 5.97 Å². The van der Waals surface area contributed by atoms with Gasteiger partial charge in [-0.15, -0.1) is 0 Å². The zero-order valence-electron chi connectivity index (χ0n) is 12.4. The minimum atomic E-state index is -0.404. The summed E-state index contributed by atoms with van der Waals surface area (Å²) in [6.45, 7) is 3.37. The molecule has 0 N–H and O–H groups in total. The van der Waals surface area contributed by atoms with Crippen molar-refractivity contribution in [3.05, 3.63) is 76.0 Å². The van der Waals surface area contributed by atoms with Crippen molar-refractivity contribution in [3.8, 4) is 11.8 Å². The van der Waals surface area contributed by atoms with Crippen molar-refractivity contribution in [2.24, 2.45) is 0 Å². The summed E-state index contributed by atoms with van der Waals surface area (Å²) in [5.74, 6) is 5.77. The molecule has 3 heteroatoms. The van der Waals surface area contributed by atoms with Crippen LogP contribution in [0.15, 0.2) is 54.3 Å². The van der Waals surface area contributed by atoms with Crippen LogP contribution in [0.25, 0.3) is 6.08 Å². The van der Waals surface area contributed by atoms with E-state index in [1.165, 1.54) is 12.5 Å². The summed E-state index contributed by atoms with van der Waals surface area (Å²) in [5, 5.41) is 0.650. The Hall–Kier alpha value is -2.50. The normalized spacial score (nSPS) is 10.6. The van der Waals surface area contributed by atoms with Crippen LogP contribution in [0.2, 0.25) is 5.02 Å². The first-order chi connectivity index (χ1) is 10.5. The molecule has 0 spiro atoms. The van der Waals surface area contributed by atoms with Gasteiger partial charge in [-0.1, -0.05) is 47.4 Å². The Labute approximate surface area is 135 Å². The van der Waals surface area contributed by atoms with Gasteiger partial charge in [0.05, 0.1) is 0 Å². The number of halogens is 1. The molecule has 0 aliphatic rings. The highest BCUT2D eigenvalue weighted by atomic mass is 35.5. The minimum Gasteiger partial charge on any atom is -0.417 e. The van der Waals surface area contributed by atoms with Crippen molar-refractivity contribution in [3.63, 3.8) is 0 Å². The largest absolute Gasteiger partial charge is 0.417 e. The average Bonchev–Trinajstić information content (AvgIpc) is 2.48. The Kier molecular flexibility index (Phi) is 5.41. The van der Waals surface area contributed by atoms with Gasteiger partial charge in [-0.3, -0.25) is 4.79 Å². The van der Waals surface area contributed by atoms with E-state index in [4.69, 9.17) is 16.3 Å². The van der Waals surface area contributed by atoms with Gasteiger partial charge in [-0.25, -0.2) is 0 Å². The second-order valence-electron chi connectivity index (χ2n) is 4.77. The maximum atomic E-state index is 11.2. The Morgan fingerprint density at radius 1 is 1.09 bits per heavy atom. The molecule has 2 aromatic carbocycles. The number of aryl methyl sites for hydroxylation is 1. The van der Waals surface area contributed by atoms with Gasteiger partial charge in [0.15, 0.2) is 5.76 Å². The number of allylic oxidation sites excluding steroid dienone is 1. The van der Waals surface area contributed by atoms with Gasteiger partial charge in [-0.2, -0.15) is 0 Å². The van der Waals surface area contributed by atoms with E-state index in [0.717, 1.165) is 11.1 Å². The number of carbonyl (C=O) groups is 1. The second-order valence-corrected chi connectivity index (χ2v) is 5.21. The molecule has 0 atom stereocenters. The van der Waals surface area contributed by atoms with Crippen molar-refractivity contribution in [2.45, 2.75) is 13.8 Å². The smallest absolute Gasteiger partial charge is 0.308 e. The van der Waals surface area contributed by atoms with Gasteiger partial charge in [-0.05, 0) is 48.7 Å². The first-order valence-electron chi connectivity index (χ1n) is 6.77. The van der Waals surface area contributed by atoms with Crippen molar-refractivity contribution in [2.75, 3.05) is 0 Å². The molecule has 0 bridgehead atoms. The van der Waals surface area contributed by atoms with E-state index in [1.807, 2.05) is 43.3 Å². The SMILES string of the molecule is CC(=O)O/C(C#Cc1ccc(C)cc1)=C/c1ccc(Cl)cc1. The van der Waals surface area contributed by atoms with Gasteiger partial charge in [0.25, 0.3) is 0 Å². The topological polar surface area (TPSA) is 26.3 Å². The Morgan fingerprint density at radius 3 is 2.32 bits per heavy atom. The molecule has 0 aliphatic heterocycles. The summed E-state index contributed by atoms with van der Waals surface area (Å²) < 4.78 is 5.15. The maximum Gasteiger partial charge on any atom is 0.308 e. The predicted molar refractivity (Wildman–Crippen MR) is 89.3 cm³/mol. The van der Waals surface area contributed by atoms with Crippen LogP contribution in [-0.4, -0.2) is 5.97 Å². The lowest BCUT2D eigenvalue weighted by Gasteiger charge is -2.00. The highest BCUT2D eigenvalue weighted by molar-refractivity contribution is 6.30. The van der Waals surface area contributed by atoms with Crippen LogP contribution >= 0.6 is 11.6 Å². The average molecular weight is 311 g/mol. The molecule has 0 saturated heterocycles. The van der Waals surface area contributed by atoms with E-state index < -0.39 is 5.97 Å². The fraction of sp³-hybridized carbons (Fsp3) is 0.105. The van der Waals surface area contributed by atoms with Crippen LogP contribution in [0.1, 0.15) is 23.6 Å². The molecule has 0 radical (unpaired) electrons. The van der Waals surface area contributed by atoms with E-state index in [1.54, 1.807) is 18.2 Å². The lowest BCUT2D eigenvalue weighted by Crippen LogP contribution is -1.97. The van der Waals surface area contributed by atoms with Gasteiger partial charge < -0.3 is 4.74 Å². The van der Waals surface area contributed by atoms with Crippen LogP contribution in [-0.2, 0) is 9.53 Å². The predicted octanol–water partition coefficient (Wildman–Crippen LogP) is 4.60. The molecular weight excluding hydrogens is 296 g/mol. The summed E-state index contributed by atoms with van der Waals surface area (Å²) in [5.41, 5.74) is 2.89. The maximum absolute atomic E-state index is 11.2. The number of rotatable bonds is 2. The molecule has 0 heterocycles. The van der Waals surface area contributed by atoms with Gasteiger partial charge in [0, 0.05) is 17.5 Å². The number of hydrogen-bond acceptors (Lipinski definition) is 2. The lowest BCUT2D eigenvalue weighted by atomic mass is 10.1. The zero-order valence-corrected chi connectivity index (χ0v) is 13.1. The molecule has 2 aromatic rings. The molecule has 110 valence electrons. The first-order valence-corrected chi connectivity index (χ1v) is 7.15.